The average Bonchev–Trinajstić information content (AvgIpc) is 2.54. The summed E-state index contributed by atoms with van der Waals surface area (Å²) in [7, 11) is 0. The quantitative estimate of drug-likeness (QED) is 0.885. The van der Waals surface area contributed by atoms with Gasteiger partial charge in [-0.25, -0.2) is 0 Å². The Morgan fingerprint density at radius 1 is 1.33 bits per heavy atom. The molecule has 1 saturated heterocycles. The van der Waals surface area contributed by atoms with Gasteiger partial charge in [0.15, 0.2) is 0 Å². The molecule has 0 aromatic heterocycles. The highest BCUT2D eigenvalue weighted by Crippen LogP contribution is 2.32. The summed E-state index contributed by atoms with van der Waals surface area (Å²) in [6.07, 6.45) is -2.59. The van der Waals surface area contributed by atoms with Crippen LogP contribution in [0.4, 0.5) is 13.2 Å². The second-order valence-corrected chi connectivity index (χ2v) is 6.50. The third kappa shape index (κ3) is 5.23. The zero-order valence-corrected chi connectivity index (χ0v) is 14.2. The minimum Gasteiger partial charge on any atom is -0.348 e. The molecule has 6 heteroatoms. The van der Waals surface area contributed by atoms with E-state index in [2.05, 4.69) is 12.2 Å². The molecule has 2 atom stereocenters. The summed E-state index contributed by atoms with van der Waals surface area (Å²) in [4.78, 5) is 13.7. The topological polar surface area (TPSA) is 32.3 Å². The van der Waals surface area contributed by atoms with Crippen LogP contribution in [-0.4, -0.2) is 36.6 Å². The van der Waals surface area contributed by atoms with Crippen molar-refractivity contribution in [3.05, 3.63) is 35.4 Å². The Balaban J connectivity index is 1.85. The maximum Gasteiger partial charge on any atom is 0.393 e. The molecular weight excluding hydrogens is 317 g/mol. The van der Waals surface area contributed by atoms with Crippen LogP contribution in [0.5, 0.6) is 0 Å². The van der Waals surface area contributed by atoms with Crippen LogP contribution in [0.3, 0.4) is 0 Å². The number of aryl methyl sites for hydroxylation is 1. The van der Waals surface area contributed by atoms with Crippen molar-refractivity contribution < 1.29 is 18.0 Å². The van der Waals surface area contributed by atoms with E-state index in [4.69, 9.17) is 0 Å². The molecule has 1 aromatic carbocycles. The first-order valence-electron chi connectivity index (χ1n) is 8.47. The molecule has 1 fully saturated rings. The van der Waals surface area contributed by atoms with E-state index in [0.717, 1.165) is 12.0 Å². The van der Waals surface area contributed by atoms with E-state index in [1.54, 1.807) is 4.90 Å². The number of carbonyl (C=O) groups is 1. The second-order valence-electron chi connectivity index (χ2n) is 6.50. The van der Waals surface area contributed by atoms with Crippen molar-refractivity contribution in [3.8, 4) is 0 Å². The molecule has 1 aliphatic heterocycles. The smallest absolute Gasteiger partial charge is 0.348 e. The number of carbonyl (C=O) groups excluding carboxylic acids is 1. The SMILES string of the molecule is CCc1ccc(C(C)NC(=O)CN2CCCC(C(F)(F)F)C2)cc1. The summed E-state index contributed by atoms with van der Waals surface area (Å²) in [5.41, 5.74) is 2.22. The van der Waals surface area contributed by atoms with Gasteiger partial charge in [-0.1, -0.05) is 31.2 Å². The number of nitrogens with one attached hydrogen (secondary N) is 1. The van der Waals surface area contributed by atoms with Crippen molar-refractivity contribution in [2.75, 3.05) is 19.6 Å². The number of piperidine rings is 1. The lowest BCUT2D eigenvalue weighted by Crippen LogP contribution is -2.46. The molecule has 134 valence electrons. The Kier molecular flexibility index (Phi) is 6.27. The van der Waals surface area contributed by atoms with Gasteiger partial charge in [0.2, 0.25) is 5.91 Å². The largest absolute Gasteiger partial charge is 0.393 e. The van der Waals surface area contributed by atoms with Crippen LogP contribution in [0.15, 0.2) is 24.3 Å². The Morgan fingerprint density at radius 2 is 2.00 bits per heavy atom. The third-order valence-electron chi connectivity index (χ3n) is 4.60. The average molecular weight is 342 g/mol. The molecule has 1 aliphatic rings. The van der Waals surface area contributed by atoms with Crippen LogP contribution in [-0.2, 0) is 11.2 Å². The molecule has 0 radical (unpaired) electrons. The highest BCUT2D eigenvalue weighted by atomic mass is 19.4. The van der Waals surface area contributed by atoms with Gasteiger partial charge in [-0.2, -0.15) is 13.2 Å². The number of rotatable bonds is 5. The van der Waals surface area contributed by atoms with Gasteiger partial charge >= 0.3 is 6.18 Å². The van der Waals surface area contributed by atoms with E-state index in [1.165, 1.54) is 5.56 Å². The first kappa shape index (κ1) is 18.8. The molecule has 1 heterocycles. The number of likely N-dealkylation sites (tertiary alicyclic amines) is 1. The van der Waals surface area contributed by atoms with Crippen LogP contribution in [0.1, 0.15) is 43.9 Å². The van der Waals surface area contributed by atoms with Crippen molar-refractivity contribution in [1.29, 1.82) is 0 Å². The summed E-state index contributed by atoms with van der Waals surface area (Å²) >= 11 is 0. The molecule has 1 N–H and O–H groups in total. The monoisotopic (exact) mass is 342 g/mol. The van der Waals surface area contributed by atoms with Crippen molar-refractivity contribution in [2.24, 2.45) is 5.92 Å². The maximum atomic E-state index is 12.8. The maximum absolute atomic E-state index is 12.8. The van der Waals surface area contributed by atoms with Gasteiger partial charge in [0.1, 0.15) is 0 Å². The summed E-state index contributed by atoms with van der Waals surface area (Å²) in [6.45, 7) is 4.43. The molecule has 0 saturated carbocycles. The number of alkyl halides is 3. The van der Waals surface area contributed by atoms with E-state index in [1.807, 2.05) is 31.2 Å². The summed E-state index contributed by atoms with van der Waals surface area (Å²) in [6, 6.07) is 7.84. The van der Waals surface area contributed by atoms with E-state index < -0.39 is 12.1 Å². The van der Waals surface area contributed by atoms with Crippen LogP contribution < -0.4 is 5.32 Å². The fourth-order valence-electron chi connectivity index (χ4n) is 3.08. The Bertz CT molecular complexity index is 542. The zero-order valence-electron chi connectivity index (χ0n) is 14.2. The molecule has 3 nitrogen and oxygen atoms in total. The van der Waals surface area contributed by atoms with Gasteiger partial charge in [-0.05, 0) is 43.9 Å². The van der Waals surface area contributed by atoms with Crippen LogP contribution in [0.2, 0.25) is 0 Å². The summed E-state index contributed by atoms with van der Waals surface area (Å²) in [5, 5.41) is 2.87. The summed E-state index contributed by atoms with van der Waals surface area (Å²) < 4.78 is 38.5. The predicted molar refractivity (Wildman–Crippen MR) is 87.6 cm³/mol. The minimum absolute atomic E-state index is 0.0178. The number of hydrogen-bond acceptors (Lipinski definition) is 2. The van der Waals surface area contributed by atoms with Crippen LogP contribution >= 0.6 is 0 Å². The molecule has 1 aromatic rings. The first-order chi connectivity index (χ1) is 11.3. The normalized spacial score (nSPS) is 20.6. The fourth-order valence-corrected chi connectivity index (χ4v) is 3.08. The predicted octanol–water partition coefficient (Wildman–Crippen LogP) is 3.70. The van der Waals surface area contributed by atoms with Gasteiger partial charge < -0.3 is 5.32 Å². The van der Waals surface area contributed by atoms with Gasteiger partial charge in [-0.3, -0.25) is 9.69 Å². The third-order valence-corrected chi connectivity index (χ3v) is 4.60. The molecule has 0 spiro atoms. The summed E-state index contributed by atoms with van der Waals surface area (Å²) in [5.74, 6) is -1.55. The van der Waals surface area contributed by atoms with Crippen molar-refractivity contribution in [2.45, 2.75) is 45.3 Å². The molecule has 24 heavy (non-hydrogen) atoms. The van der Waals surface area contributed by atoms with Gasteiger partial charge in [0.05, 0.1) is 18.5 Å². The van der Waals surface area contributed by atoms with Gasteiger partial charge in [0, 0.05) is 6.54 Å². The molecule has 0 bridgehead atoms. The lowest BCUT2D eigenvalue weighted by Gasteiger charge is -2.33. The molecule has 2 rings (SSSR count). The molecule has 2 unspecified atom stereocenters. The van der Waals surface area contributed by atoms with E-state index in [0.29, 0.717) is 13.0 Å². The van der Waals surface area contributed by atoms with Crippen molar-refractivity contribution in [1.82, 2.24) is 10.2 Å². The van der Waals surface area contributed by atoms with Gasteiger partial charge in [0.25, 0.3) is 0 Å². The van der Waals surface area contributed by atoms with E-state index in [9.17, 15) is 18.0 Å². The van der Waals surface area contributed by atoms with Crippen molar-refractivity contribution in [3.63, 3.8) is 0 Å². The lowest BCUT2D eigenvalue weighted by atomic mass is 9.97. The van der Waals surface area contributed by atoms with Crippen LogP contribution in [0.25, 0.3) is 0 Å². The first-order valence-corrected chi connectivity index (χ1v) is 8.47. The minimum atomic E-state index is -4.18. The number of benzene rings is 1. The standard InChI is InChI=1S/C18H25F3N2O/c1-3-14-6-8-15(9-7-14)13(2)22-17(24)12-23-10-4-5-16(11-23)18(19,20)21/h6-9,13,16H,3-5,10-12H2,1-2H3,(H,22,24). The van der Waals surface area contributed by atoms with Gasteiger partial charge in [-0.15, -0.1) is 0 Å². The number of nitrogens with zero attached hydrogens (tertiary/aromatic N) is 1. The number of halogens is 3. The second kappa shape index (κ2) is 8.01. The molecular formula is C18H25F3N2O. The van der Waals surface area contributed by atoms with E-state index in [-0.39, 0.29) is 31.5 Å². The number of amides is 1. The Hall–Kier alpha value is -1.56. The highest BCUT2D eigenvalue weighted by Gasteiger charge is 2.41. The fraction of sp³-hybridized carbons (Fsp3) is 0.611. The highest BCUT2D eigenvalue weighted by molar-refractivity contribution is 5.78. The van der Waals surface area contributed by atoms with Crippen molar-refractivity contribution >= 4 is 5.91 Å². The zero-order chi connectivity index (χ0) is 17.7. The number of hydrogen-bond donors (Lipinski definition) is 1. The Morgan fingerprint density at radius 3 is 2.58 bits per heavy atom. The van der Waals surface area contributed by atoms with E-state index >= 15 is 0 Å². The Labute approximate surface area is 141 Å². The van der Waals surface area contributed by atoms with Crippen LogP contribution in [0, 0.1) is 5.92 Å². The lowest BCUT2D eigenvalue weighted by molar-refractivity contribution is -0.187. The molecule has 1 amide bonds. The molecule has 0 aliphatic carbocycles.